The normalized spacial score (nSPS) is 10.6. The van der Waals surface area contributed by atoms with Gasteiger partial charge in [-0.15, -0.1) is 23.1 Å². The summed E-state index contributed by atoms with van der Waals surface area (Å²) in [7, 11) is 1.58. The number of aryl methyl sites for hydroxylation is 1. The Morgan fingerprint density at radius 3 is 2.63 bits per heavy atom. The molecule has 6 heteroatoms. The molecule has 1 N–H and O–H groups in total. The number of carbonyl (C=O) groups is 1. The number of aromatic nitrogens is 1. The van der Waals surface area contributed by atoms with Crippen LogP contribution in [0.2, 0.25) is 0 Å². The zero-order valence-electron chi connectivity index (χ0n) is 15.6. The topological polar surface area (TPSA) is 51.2 Å². The van der Waals surface area contributed by atoms with Crippen molar-refractivity contribution in [3.63, 3.8) is 0 Å². The lowest BCUT2D eigenvalue weighted by molar-refractivity contribution is 0.0951. The van der Waals surface area contributed by atoms with Gasteiger partial charge in [0.05, 0.1) is 23.4 Å². The number of thioether (sulfide) groups is 1. The average Bonchev–Trinajstić information content (AvgIpc) is 3.14. The molecule has 0 radical (unpaired) electrons. The number of amides is 1. The Morgan fingerprint density at radius 2 is 2.00 bits per heavy atom. The molecular weight excluding hydrogens is 376 g/mol. The standard InChI is InChI=1S/C21H22N2O2S2/c1-14-23-19(13-27-14)16-6-4-15(5-7-16)10-11-22-21(24)18-9-8-17(26-3)12-20(18)25-2/h4-9,12-13H,10-11H2,1-3H3,(H,22,24). The minimum atomic E-state index is -0.117. The molecule has 0 atom stereocenters. The lowest BCUT2D eigenvalue weighted by Crippen LogP contribution is -2.26. The van der Waals surface area contributed by atoms with E-state index in [9.17, 15) is 4.79 Å². The molecule has 27 heavy (non-hydrogen) atoms. The summed E-state index contributed by atoms with van der Waals surface area (Å²) < 4.78 is 5.35. The smallest absolute Gasteiger partial charge is 0.255 e. The number of hydrogen-bond acceptors (Lipinski definition) is 5. The van der Waals surface area contributed by atoms with E-state index in [0.29, 0.717) is 17.9 Å². The van der Waals surface area contributed by atoms with Crippen LogP contribution in [-0.2, 0) is 6.42 Å². The molecule has 3 rings (SSSR count). The molecule has 0 fully saturated rings. The van der Waals surface area contributed by atoms with Crippen LogP contribution in [0, 0.1) is 6.92 Å². The summed E-state index contributed by atoms with van der Waals surface area (Å²) in [5, 5.41) is 6.11. The van der Waals surface area contributed by atoms with Crippen LogP contribution in [0.5, 0.6) is 5.75 Å². The molecule has 3 aromatic rings. The third-order valence-corrected chi connectivity index (χ3v) is 5.72. The highest BCUT2D eigenvalue weighted by molar-refractivity contribution is 7.98. The Morgan fingerprint density at radius 1 is 1.22 bits per heavy atom. The molecule has 0 spiro atoms. The molecule has 1 heterocycles. The predicted octanol–water partition coefficient (Wildman–Crippen LogP) is 4.82. The van der Waals surface area contributed by atoms with Crippen LogP contribution in [0.3, 0.4) is 0 Å². The zero-order chi connectivity index (χ0) is 19.2. The van der Waals surface area contributed by atoms with Crippen molar-refractivity contribution in [1.82, 2.24) is 10.3 Å². The summed E-state index contributed by atoms with van der Waals surface area (Å²) in [6, 6.07) is 14.0. The third-order valence-electron chi connectivity index (χ3n) is 4.22. The number of nitrogens with zero attached hydrogens (tertiary/aromatic N) is 1. The number of methoxy groups -OCH3 is 1. The van der Waals surface area contributed by atoms with E-state index in [2.05, 4.69) is 39.9 Å². The Hall–Kier alpha value is -2.31. The molecule has 140 valence electrons. The van der Waals surface area contributed by atoms with Gasteiger partial charge in [0.15, 0.2) is 0 Å². The van der Waals surface area contributed by atoms with Gasteiger partial charge in [-0.05, 0) is 43.4 Å². The van der Waals surface area contributed by atoms with Crippen molar-refractivity contribution in [3.8, 4) is 17.0 Å². The van der Waals surface area contributed by atoms with Crippen LogP contribution in [0.1, 0.15) is 20.9 Å². The first-order valence-corrected chi connectivity index (χ1v) is 10.7. The van der Waals surface area contributed by atoms with E-state index >= 15 is 0 Å². The van der Waals surface area contributed by atoms with Crippen molar-refractivity contribution in [3.05, 3.63) is 64.0 Å². The van der Waals surface area contributed by atoms with E-state index in [0.717, 1.165) is 27.6 Å². The second kappa shape index (κ2) is 9.06. The minimum Gasteiger partial charge on any atom is -0.496 e. The van der Waals surface area contributed by atoms with Gasteiger partial charge in [0, 0.05) is 22.4 Å². The van der Waals surface area contributed by atoms with Crippen LogP contribution >= 0.6 is 23.1 Å². The Kier molecular flexibility index (Phi) is 6.53. The van der Waals surface area contributed by atoms with Crippen LogP contribution in [0.25, 0.3) is 11.3 Å². The number of thiazole rings is 1. The van der Waals surface area contributed by atoms with E-state index in [1.165, 1.54) is 5.56 Å². The first-order valence-electron chi connectivity index (χ1n) is 8.62. The van der Waals surface area contributed by atoms with Gasteiger partial charge in [0.25, 0.3) is 5.91 Å². The van der Waals surface area contributed by atoms with Gasteiger partial charge in [-0.25, -0.2) is 4.98 Å². The third kappa shape index (κ3) is 4.90. The molecule has 1 amide bonds. The molecule has 1 aromatic heterocycles. The van der Waals surface area contributed by atoms with E-state index in [-0.39, 0.29) is 5.91 Å². The van der Waals surface area contributed by atoms with Crippen molar-refractivity contribution in [2.45, 2.75) is 18.2 Å². The number of rotatable bonds is 7. The van der Waals surface area contributed by atoms with Crippen molar-refractivity contribution in [2.24, 2.45) is 0 Å². The van der Waals surface area contributed by atoms with Crippen molar-refractivity contribution >= 4 is 29.0 Å². The summed E-state index contributed by atoms with van der Waals surface area (Å²) in [6.07, 6.45) is 2.77. The first kappa shape index (κ1) is 19.5. The SMILES string of the molecule is COc1cc(SC)ccc1C(=O)NCCc1ccc(-c2csc(C)n2)cc1. The number of ether oxygens (including phenoxy) is 1. The molecule has 0 unspecified atom stereocenters. The van der Waals surface area contributed by atoms with Crippen LogP contribution in [0.4, 0.5) is 0 Å². The number of carbonyl (C=O) groups excluding carboxylic acids is 1. The molecule has 0 aliphatic heterocycles. The summed E-state index contributed by atoms with van der Waals surface area (Å²) in [5.41, 5.74) is 3.86. The highest BCUT2D eigenvalue weighted by atomic mass is 32.2. The van der Waals surface area contributed by atoms with Crippen molar-refractivity contribution < 1.29 is 9.53 Å². The molecule has 0 saturated heterocycles. The highest BCUT2D eigenvalue weighted by Gasteiger charge is 2.12. The highest BCUT2D eigenvalue weighted by Crippen LogP contribution is 2.25. The van der Waals surface area contributed by atoms with Crippen molar-refractivity contribution in [2.75, 3.05) is 19.9 Å². The lowest BCUT2D eigenvalue weighted by Gasteiger charge is -2.10. The number of benzene rings is 2. The van der Waals surface area contributed by atoms with Gasteiger partial charge in [-0.1, -0.05) is 24.3 Å². The van der Waals surface area contributed by atoms with Gasteiger partial charge in [0.1, 0.15) is 5.75 Å². The minimum absolute atomic E-state index is 0.117. The van der Waals surface area contributed by atoms with E-state index in [4.69, 9.17) is 4.74 Å². The number of hydrogen-bond donors (Lipinski definition) is 1. The summed E-state index contributed by atoms with van der Waals surface area (Å²) in [4.78, 5) is 18.0. The maximum Gasteiger partial charge on any atom is 0.255 e. The lowest BCUT2D eigenvalue weighted by atomic mass is 10.1. The quantitative estimate of drug-likeness (QED) is 0.580. The fourth-order valence-electron chi connectivity index (χ4n) is 2.74. The van der Waals surface area contributed by atoms with Gasteiger partial charge in [0.2, 0.25) is 0 Å². The van der Waals surface area contributed by atoms with Crippen molar-refractivity contribution in [1.29, 1.82) is 0 Å². The van der Waals surface area contributed by atoms with Gasteiger partial charge in [-0.3, -0.25) is 4.79 Å². The van der Waals surface area contributed by atoms with E-state index in [1.54, 1.807) is 30.2 Å². The van der Waals surface area contributed by atoms with Crippen LogP contribution in [-0.4, -0.2) is 30.8 Å². The number of nitrogens with one attached hydrogen (secondary N) is 1. The van der Waals surface area contributed by atoms with Gasteiger partial charge < -0.3 is 10.1 Å². The summed E-state index contributed by atoms with van der Waals surface area (Å²) >= 11 is 3.27. The van der Waals surface area contributed by atoms with Gasteiger partial charge >= 0.3 is 0 Å². The monoisotopic (exact) mass is 398 g/mol. The van der Waals surface area contributed by atoms with E-state index < -0.39 is 0 Å². The second-order valence-corrected chi connectivity index (χ2v) is 7.96. The molecule has 0 bridgehead atoms. The fourth-order valence-corrected chi connectivity index (χ4v) is 3.79. The first-order chi connectivity index (χ1) is 13.1. The predicted molar refractivity (Wildman–Crippen MR) is 113 cm³/mol. The average molecular weight is 399 g/mol. The molecular formula is C21H22N2O2S2. The Labute approximate surface area is 168 Å². The zero-order valence-corrected chi connectivity index (χ0v) is 17.2. The molecule has 4 nitrogen and oxygen atoms in total. The Bertz CT molecular complexity index is 920. The molecule has 2 aromatic carbocycles. The van der Waals surface area contributed by atoms with E-state index in [1.807, 2.05) is 31.4 Å². The second-order valence-electron chi connectivity index (χ2n) is 6.02. The maximum atomic E-state index is 12.5. The molecule has 0 aliphatic rings. The molecule has 0 aliphatic carbocycles. The Balaban J connectivity index is 1.57. The summed E-state index contributed by atoms with van der Waals surface area (Å²) in [5.74, 6) is 0.483. The van der Waals surface area contributed by atoms with Crippen LogP contribution in [0.15, 0.2) is 52.7 Å². The van der Waals surface area contributed by atoms with Gasteiger partial charge in [-0.2, -0.15) is 0 Å². The largest absolute Gasteiger partial charge is 0.496 e. The summed E-state index contributed by atoms with van der Waals surface area (Å²) in [6.45, 7) is 2.58. The maximum absolute atomic E-state index is 12.5. The fraction of sp³-hybridized carbons (Fsp3) is 0.238. The van der Waals surface area contributed by atoms with Crippen LogP contribution < -0.4 is 10.1 Å². The molecule has 0 saturated carbocycles.